The second kappa shape index (κ2) is 10.4. The summed E-state index contributed by atoms with van der Waals surface area (Å²) in [5, 5.41) is 2.91. The summed E-state index contributed by atoms with van der Waals surface area (Å²) in [4.78, 5) is 14.5. The zero-order chi connectivity index (χ0) is 21.4. The molecule has 2 aromatic carbocycles. The lowest BCUT2D eigenvalue weighted by atomic mass is 10.2. The fraction of sp³-hybridized carbons (Fsp3) is 0.409. The number of rotatable bonds is 9. The molecule has 1 heterocycles. The van der Waals surface area contributed by atoms with Crippen LogP contribution in [0.5, 0.6) is 0 Å². The molecule has 3 rings (SSSR count). The minimum atomic E-state index is -3.39. The van der Waals surface area contributed by atoms with Gasteiger partial charge in [-0.1, -0.05) is 30.3 Å². The third kappa shape index (κ3) is 6.47. The van der Waals surface area contributed by atoms with E-state index >= 15 is 0 Å². The molecule has 7 nitrogen and oxygen atoms in total. The first-order chi connectivity index (χ1) is 14.4. The molecule has 1 N–H and O–H groups in total. The lowest BCUT2D eigenvalue weighted by molar-refractivity contribution is -0.121. The molecule has 30 heavy (non-hydrogen) atoms. The molecule has 0 unspecified atom stereocenters. The van der Waals surface area contributed by atoms with E-state index in [2.05, 4.69) is 22.3 Å². The van der Waals surface area contributed by atoms with Gasteiger partial charge in [0, 0.05) is 38.3 Å². The SMILES string of the molecule is CS(=O)(=O)N(CCCC(=O)NCc1ccc(N2CCOCC2)cc1)c1ccccc1. The van der Waals surface area contributed by atoms with Crippen molar-refractivity contribution in [1.82, 2.24) is 5.32 Å². The highest BCUT2D eigenvalue weighted by Crippen LogP contribution is 2.18. The van der Waals surface area contributed by atoms with E-state index < -0.39 is 10.0 Å². The minimum absolute atomic E-state index is 0.0891. The third-order valence-electron chi connectivity index (χ3n) is 5.01. The molecule has 0 spiro atoms. The van der Waals surface area contributed by atoms with Gasteiger partial charge in [0.1, 0.15) is 0 Å². The van der Waals surface area contributed by atoms with Gasteiger partial charge >= 0.3 is 0 Å². The number of carbonyl (C=O) groups excluding carboxylic acids is 1. The molecule has 0 aliphatic carbocycles. The van der Waals surface area contributed by atoms with Crippen LogP contribution in [0, 0.1) is 0 Å². The van der Waals surface area contributed by atoms with Crippen LogP contribution in [0.1, 0.15) is 18.4 Å². The van der Waals surface area contributed by atoms with Crippen molar-refractivity contribution in [1.29, 1.82) is 0 Å². The molecular weight excluding hydrogens is 402 g/mol. The third-order valence-corrected chi connectivity index (χ3v) is 6.21. The molecular formula is C22H29N3O4S. The van der Waals surface area contributed by atoms with Crippen LogP contribution in [0.3, 0.4) is 0 Å². The number of nitrogens with zero attached hydrogens (tertiary/aromatic N) is 2. The Morgan fingerprint density at radius 1 is 1.07 bits per heavy atom. The topological polar surface area (TPSA) is 79.0 Å². The molecule has 0 radical (unpaired) electrons. The van der Waals surface area contributed by atoms with Gasteiger partial charge in [0.2, 0.25) is 15.9 Å². The molecule has 162 valence electrons. The molecule has 0 atom stereocenters. The van der Waals surface area contributed by atoms with E-state index in [4.69, 9.17) is 4.74 Å². The van der Waals surface area contributed by atoms with Crippen LogP contribution in [0.2, 0.25) is 0 Å². The highest BCUT2D eigenvalue weighted by Gasteiger charge is 2.17. The van der Waals surface area contributed by atoms with Crippen molar-refractivity contribution in [3.8, 4) is 0 Å². The Bertz CT molecular complexity index is 911. The first kappa shape index (κ1) is 22.1. The predicted molar refractivity (Wildman–Crippen MR) is 119 cm³/mol. The number of carbonyl (C=O) groups is 1. The van der Waals surface area contributed by atoms with Crippen molar-refractivity contribution in [3.63, 3.8) is 0 Å². The summed E-state index contributed by atoms with van der Waals surface area (Å²) < 4.78 is 30.9. The van der Waals surface area contributed by atoms with Crippen LogP contribution in [0.15, 0.2) is 54.6 Å². The number of amides is 1. The van der Waals surface area contributed by atoms with E-state index in [-0.39, 0.29) is 18.9 Å². The van der Waals surface area contributed by atoms with Crippen molar-refractivity contribution in [3.05, 3.63) is 60.2 Å². The van der Waals surface area contributed by atoms with Crippen molar-refractivity contribution >= 4 is 27.3 Å². The van der Waals surface area contributed by atoms with E-state index in [0.717, 1.165) is 37.6 Å². The van der Waals surface area contributed by atoms with Gasteiger partial charge in [-0.3, -0.25) is 9.10 Å². The summed E-state index contributed by atoms with van der Waals surface area (Å²) in [6.07, 6.45) is 1.90. The second-order valence-corrected chi connectivity index (χ2v) is 9.22. The average molecular weight is 432 g/mol. The lowest BCUT2D eigenvalue weighted by Crippen LogP contribution is -2.36. The first-order valence-corrected chi connectivity index (χ1v) is 12.0. The number of hydrogen-bond donors (Lipinski definition) is 1. The van der Waals surface area contributed by atoms with Gasteiger partial charge in [0.05, 0.1) is 25.2 Å². The quantitative estimate of drug-likeness (QED) is 0.660. The standard InChI is InChI=1S/C22H29N3O4S/c1-30(27,28)25(21-6-3-2-4-7-21)13-5-8-22(26)23-18-19-9-11-20(12-10-19)24-14-16-29-17-15-24/h2-4,6-7,9-12H,5,8,13-18H2,1H3,(H,23,26). The Morgan fingerprint density at radius 3 is 2.37 bits per heavy atom. The van der Waals surface area contributed by atoms with Crippen LogP contribution in [-0.2, 0) is 26.1 Å². The van der Waals surface area contributed by atoms with E-state index in [1.807, 2.05) is 18.2 Å². The second-order valence-electron chi connectivity index (χ2n) is 7.32. The van der Waals surface area contributed by atoms with Gasteiger partial charge in [-0.15, -0.1) is 0 Å². The Balaban J connectivity index is 1.44. The van der Waals surface area contributed by atoms with Crippen LogP contribution in [-0.4, -0.2) is 53.4 Å². The van der Waals surface area contributed by atoms with E-state index in [0.29, 0.717) is 18.7 Å². The molecule has 1 fully saturated rings. The monoisotopic (exact) mass is 431 g/mol. The maximum Gasteiger partial charge on any atom is 0.232 e. The molecule has 1 amide bonds. The number of nitrogens with one attached hydrogen (secondary N) is 1. The first-order valence-electron chi connectivity index (χ1n) is 10.1. The molecule has 1 aliphatic rings. The van der Waals surface area contributed by atoms with E-state index in [9.17, 15) is 13.2 Å². The summed E-state index contributed by atoms with van der Waals surface area (Å²) in [5.74, 6) is -0.0891. The van der Waals surface area contributed by atoms with Crippen LogP contribution < -0.4 is 14.5 Å². The molecule has 0 saturated carbocycles. The Morgan fingerprint density at radius 2 is 1.73 bits per heavy atom. The Labute approximate surface area is 178 Å². The normalized spacial score (nSPS) is 14.4. The Hall–Kier alpha value is -2.58. The zero-order valence-corrected chi connectivity index (χ0v) is 18.1. The number of sulfonamides is 1. The van der Waals surface area contributed by atoms with Crippen LogP contribution >= 0.6 is 0 Å². The maximum atomic E-state index is 12.2. The van der Waals surface area contributed by atoms with Crippen LogP contribution in [0.4, 0.5) is 11.4 Å². The van der Waals surface area contributed by atoms with Gasteiger partial charge in [0.15, 0.2) is 0 Å². The summed E-state index contributed by atoms with van der Waals surface area (Å²) >= 11 is 0. The lowest BCUT2D eigenvalue weighted by Gasteiger charge is -2.28. The van der Waals surface area contributed by atoms with Crippen molar-refractivity contribution < 1.29 is 17.9 Å². The molecule has 2 aromatic rings. The average Bonchev–Trinajstić information content (AvgIpc) is 2.76. The van der Waals surface area contributed by atoms with Gasteiger partial charge in [0.25, 0.3) is 0 Å². The number of para-hydroxylation sites is 1. The van der Waals surface area contributed by atoms with Crippen LogP contribution in [0.25, 0.3) is 0 Å². The fourth-order valence-corrected chi connectivity index (χ4v) is 4.36. The number of benzene rings is 2. The highest BCUT2D eigenvalue weighted by molar-refractivity contribution is 7.92. The maximum absolute atomic E-state index is 12.2. The van der Waals surface area contributed by atoms with Gasteiger partial charge in [-0.25, -0.2) is 8.42 Å². The highest BCUT2D eigenvalue weighted by atomic mass is 32.2. The van der Waals surface area contributed by atoms with Crippen molar-refractivity contribution in [2.75, 3.05) is 48.3 Å². The predicted octanol–water partition coefficient (Wildman–Crippen LogP) is 2.39. The Kier molecular flexibility index (Phi) is 7.70. The van der Waals surface area contributed by atoms with Crippen molar-refractivity contribution in [2.24, 2.45) is 0 Å². The molecule has 1 aliphatic heterocycles. The molecule has 0 aromatic heterocycles. The number of anilines is 2. The van der Waals surface area contributed by atoms with E-state index in [1.54, 1.807) is 24.3 Å². The summed E-state index contributed by atoms with van der Waals surface area (Å²) in [5.41, 5.74) is 2.80. The van der Waals surface area contributed by atoms with Crippen molar-refractivity contribution in [2.45, 2.75) is 19.4 Å². The smallest absolute Gasteiger partial charge is 0.232 e. The number of hydrogen-bond acceptors (Lipinski definition) is 5. The summed E-state index contributed by atoms with van der Waals surface area (Å²) in [6.45, 7) is 4.01. The molecule has 1 saturated heterocycles. The van der Waals surface area contributed by atoms with Gasteiger partial charge in [-0.05, 0) is 36.2 Å². The minimum Gasteiger partial charge on any atom is -0.378 e. The largest absolute Gasteiger partial charge is 0.378 e. The van der Waals surface area contributed by atoms with E-state index in [1.165, 1.54) is 10.6 Å². The zero-order valence-electron chi connectivity index (χ0n) is 17.3. The molecule has 8 heteroatoms. The van der Waals surface area contributed by atoms with Gasteiger partial charge < -0.3 is 15.0 Å². The molecule has 0 bridgehead atoms. The van der Waals surface area contributed by atoms with Gasteiger partial charge in [-0.2, -0.15) is 0 Å². The summed E-state index contributed by atoms with van der Waals surface area (Å²) in [6, 6.07) is 17.1. The number of ether oxygens (including phenoxy) is 1. The summed E-state index contributed by atoms with van der Waals surface area (Å²) in [7, 11) is -3.39. The fourth-order valence-electron chi connectivity index (χ4n) is 3.40. The number of morpholine rings is 1.